The van der Waals surface area contributed by atoms with E-state index in [2.05, 4.69) is 20.4 Å². The SMILES string of the molecule is C=CCOc1ccc(C(C)(C)c2ccc(Oc3ccc(S(=O)(=O)c4ccc(Oc5ccc(C(C)(C)c6ccc(C)cc6)cc5)c(S(=O)(=O)O)c4)cc3S(=O)(=O)O)cc2)cc1. The van der Waals surface area contributed by atoms with Gasteiger partial charge in [0.05, 0.1) is 9.79 Å². The van der Waals surface area contributed by atoms with Gasteiger partial charge in [0.15, 0.2) is 0 Å². The van der Waals surface area contributed by atoms with Crippen molar-refractivity contribution in [3.63, 3.8) is 0 Å². The van der Waals surface area contributed by atoms with E-state index < -0.39 is 55.1 Å². The number of aryl methyl sites for hydroxylation is 1. The van der Waals surface area contributed by atoms with Crippen LogP contribution < -0.4 is 14.2 Å². The Balaban J connectivity index is 1.24. The monoisotopic (exact) mass is 868 g/mol. The topological polar surface area (TPSA) is 171 Å². The highest BCUT2D eigenvalue weighted by Gasteiger charge is 2.29. The summed E-state index contributed by atoms with van der Waals surface area (Å²) >= 11 is 0. The molecule has 0 radical (unpaired) electrons. The van der Waals surface area contributed by atoms with Gasteiger partial charge in [0.2, 0.25) is 9.84 Å². The number of ether oxygens (including phenoxy) is 3. The molecular formula is C46H44O11S3. The molecule has 60 heavy (non-hydrogen) atoms. The molecule has 0 atom stereocenters. The summed E-state index contributed by atoms with van der Waals surface area (Å²) in [6, 6.07) is 35.1. The van der Waals surface area contributed by atoms with E-state index in [1.807, 2.05) is 81.4 Å². The fraction of sp³-hybridized carbons (Fsp3) is 0.174. The van der Waals surface area contributed by atoms with Crippen LogP contribution in [-0.4, -0.2) is 41.0 Å². The van der Waals surface area contributed by atoms with Gasteiger partial charge in [-0.3, -0.25) is 9.11 Å². The Morgan fingerprint density at radius 1 is 0.517 bits per heavy atom. The largest absolute Gasteiger partial charge is 0.490 e. The van der Waals surface area contributed by atoms with Crippen molar-refractivity contribution in [2.75, 3.05) is 6.61 Å². The average molecular weight is 869 g/mol. The average Bonchev–Trinajstić information content (AvgIpc) is 3.20. The van der Waals surface area contributed by atoms with Crippen molar-refractivity contribution in [1.29, 1.82) is 0 Å². The second-order valence-corrected chi connectivity index (χ2v) is 19.9. The quantitative estimate of drug-likeness (QED) is 0.0744. The molecule has 2 N–H and O–H groups in total. The van der Waals surface area contributed by atoms with Crippen LogP contribution in [0.4, 0.5) is 0 Å². The molecule has 0 aliphatic rings. The molecule has 312 valence electrons. The molecule has 0 bridgehead atoms. The summed E-state index contributed by atoms with van der Waals surface area (Å²) in [7, 11) is -14.8. The first kappa shape index (κ1) is 43.8. The predicted molar refractivity (Wildman–Crippen MR) is 229 cm³/mol. The minimum absolute atomic E-state index is 0.196. The third-order valence-corrected chi connectivity index (χ3v) is 13.8. The van der Waals surface area contributed by atoms with Gasteiger partial charge in [-0.15, -0.1) is 0 Å². The zero-order valence-corrected chi connectivity index (χ0v) is 35.9. The van der Waals surface area contributed by atoms with Gasteiger partial charge in [-0.25, -0.2) is 8.42 Å². The van der Waals surface area contributed by atoms with Gasteiger partial charge in [-0.05, 0) is 102 Å². The normalized spacial score (nSPS) is 12.4. The Hall–Kier alpha value is -5.77. The van der Waals surface area contributed by atoms with E-state index in [0.29, 0.717) is 24.5 Å². The zero-order valence-electron chi connectivity index (χ0n) is 33.5. The first-order chi connectivity index (χ1) is 28.1. The molecule has 0 unspecified atom stereocenters. The Morgan fingerprint density at radius 3 is 1.18 bits per heavy atom. The van der Waals surface area contributed by atoms with Crippen molar-refractivity contribution < 1.29 is 48.6 Å². The smallest absolute Gasteiger partial charge is 0.298 e. The maximum absolute atomic E-state index is 13.9. The van der Waals surface area contributed by atoms with Gasteiger partial charge < -0.3 is 14.2 Å². The summed E-state index contributed by atoms with van der Waals surface area (Å²) in [5.41, 5.74) is 4.24. The van der Waals surface area contributed by atoms with Gasteiger partial charge in [0.1, 0.15) is 45.1 Å². The van der Waals surface area contributed by atoms with Crippen LogP contribution in [0.15, 0.2) is 166 Å². The first-order valence-corrected chi connectivity index (χ1v) is 22.9. The second-order valence-electron chi connectivity index (χ2n) is 15.2. The Bertz CT molecular complexity index is 2870. The first-order valence-electron chi connectivity index (χ1n) is 18.6. The van der Waals surface area contributed by atoms with Crippen LogP contribution >= 0.6 is 0 Å². The highest BCUT2D eigenvalue weighted by molar-refractivity contribution is 7.91. The molecule has 0 aliphatic heterocycles. The van der Waals surface area contributed by atoms with E-state index >= 15 is 0 Å². The summed E-state index contributed by atoms with van der Waals surface area (Å²) in [6.45, 7) is 14.2. The molecule has 11 nitrogen and oxygen atoms in total. The maximum atomic E-state index is 13.9. The number of hydrogen-bond acceptors (Lipinski definition) is 9. The van der Waals surface area contributed by atoms with Gasteiger partial charge in [0, 0.05) is 10.8 Å². The molecular weight excluding hydrogens is 825 g/mol. The van der Waals surface area contributed by atoms with Crippen LogP contribution in [0.25, 0.3) is 0 Å². The molecule has 6 aromatic rings. The van der Waals surface area contributed by atoms with E-state index in [1.54, 1.807) is 42.5 Å². The van der Waals surface area contributed by atoms with Crippen LogP contribution in [0.1, 0.15) is 55.5 Å². The summed E-state index contributed by atoms with van der Waals surface area (Å²) in [5, 5.41) is 0. The van der Waals surface area contributed by atoms with E-state index in [0.717, 1.165) is 52.1 Å². The minimum atomic E-state index is -5.06. The molecule has 0 fully saturated rings. The van der Waals surface area contributed by atoms with E-state index in [-0.39, 0.29) is 28.4 Å². The molecule has 14 heteroatoms. The van der Waals surface area contributed by atoms with Crippen LogP contribution in [0.2, 0.25) is 0 Å². The fourth-order valence-electron chi connectivity index (χ4n) is 6.58. The summed E-state index contributed by atoms with van der Waals surface area (Å²) in [6.07, 6.45) is 1.66. The van der Waals surface area contributed by atoms with Gasteiger partial charge >= 0.3 is 0 Å². The molecule has 0 saturated carbocycles. The van der Waals surface area contributed by atoms with Crippen molar-refractivity contribution in [2.45, 2.75) is 65.0 Å². The maximum Gasteiger partial charge on any atom is 0.298 e. The van der Waals surface area contributed by atoms with Gasteiger partial charge in [0.25, 0.3) is 20.2 Å². The molecule has 0 heterocycles. The number of benzene rings is 6. The number of sulfone groups is 1. The minimum Gasteiger partial charge on any atom is -0.490 e. The van der Waals surface area contributed by atoms with Crippen LogP contribution in [-0.2, 0) is 40.9 Å². The number of rotatable bonds is 15. The van der Waals surface area contributed by atoms with Crippen molar-refractivity contribution in [3.8, 4) is 28.7 Å². The highest BCUT2D eigenvalue weighted by Crippen LogP contribution is 2.39. The predicted octanol–water partition coefficient (Wildman–Crippen LogP) is 10.1. The Kier molecular flexibility index (Phi) is 12.2. The lowest BCUT2D eigenvalue weighted by Gasteiger charge is -2.26. The lowest BCUT2D eigenvalue weighted by Crippen LogP contribution is -2.18. The third kappa shape index (κ3) is 9.48. The standard InChI is InChI=1S/C46H44O11S3/c1-7-28-55-36-18-12-33(13-19-36)46(5,6)35-16-22-38(23-17-35)57-42-27-25-40(30-44(42)60(52,53)54)58(47,48)39-24-26-41(43(29-39)59(49,50)51)56-37-20-14-34(15-21-37)45(3,4)32-10-8-31(2)9-11-32/h7-27,29-30H,1,28H2,2-6H3,(H,49,50,51)(H,52,53,54). The second kappa shape index (κ2) is 16.7. The van der Waals surface area contributed by atoms with E-state index in [1.165, 1.54) is 0 Å². The Labute approximate surface area is 351 Å². The summed E-state index contributed by atoms with van der Waals surface area (Å²) < 4.78 is 116. The van der Waals surface area contributed by atoms with E-state index in [4.69, 9.17) is 14.2 Å². The van der Waals surface area contributed by atoms with Gasteiger partial charge in [-0.1, -0.05) is 107 Å². The summed E-state index contributed by atoms with van der Waals surface area (Å²) in [5.74, 6) is 0.390. The fourth-order valence-corrected chi connectivity index (χ4v) is 9.32. The van der Waals surface area contributed by atoms with E-state index in [9.17, 15) is 34.4 Å². The molecule has 0 spiro atoms. The van der Waals surface area contributed by atoms with Crippen LogP contribution in [0, 0.1) is 6.92 Å². The zero-order chi connectivity index (χ0) is 43.7. The molecule has 6 aromatic carbocycles. The number of hydrogen-bond donors (Lipinski definition) is 2. The lowest BCUT2D eigenvalue weighted by molar-refractivity contribution is 0.363. The molecule has 0 aliphatic carbocycles. The van der Waals surface area contributed by atoms with Crippen molar-refractivity contribution >= 4 is 30.1 Å². The van der Waals surface area contributed by atoms with Crippen LogP contribution in [0.3, 0.4) is 0 Å². The molecule has 0 saturated heterocycles. The molecule has 6 rings (SSSR count). The molecule has 0 amide bonds. The van der Waals surface area contributed by atoms with Crippen LogP contribution in [0.5, 0.6) is 28.7 Å². The van der Waals surface area contributed by atoms with Crippen molar-refractivity contribution in [3.05, 3.63) is 174 Å². The third-order valence-electron chi connectivity index (χ3n) is 10.3. The van der Waals surface area contributed by atoms with Crippen molar-refractivity contribution in [1.82, 2.24) is 0 Å². The summed E-state index contributed by atoms with van der Waals surface area (Å²) in [4.78, 5) is -2.91. The lowest BCUT2D eigenvalue weighted by atomic mass is 9.78. The highest BCUT2D eigenvalue weighted by atomic mass is 32.2. The Morgan fingerprint density at radius 2 is 0.850 bits per heavy atom. The van der Waals surface area contributed by atoms with Gasteiger partial charge in [-0.2, -0.15) is 16.8 Å². The van der Waals surface area contributed by atoms with Crippen molar-refractivity contribution in [2.24, 2.45) is 0 Å². The molecule has 0 aromatic heterocycles.